The fraction of sp³-hybridized carbons (Fsp3) is 0.333. The van der Waals surface area contributed by atoms with Crippen molar-refractivity contribution in [3.05, 3.63) is 71.8 Å². The van der Waals surface area contributed by atoms with E-state index in [1.165, 1.54) is 0 Å². The van der Waals surface area contributed by atoms with Crippen LogP contribution in [0.3, 0.4) is 0 Å². The van der Waals surface area contributed by atoms with Crippen LogP contribution in [0.15, 0.2) is 60.7 Å². The molecule has 2 aromatic rings. The predicted molar refractivity (Wildman–Crippen MR) is 99.5 cm³/mol. The van der Waals surface area contributed by atoms with E-state index in [0.717, 1.165) is 5.56 Å². The van der Waals surface area contributed by atoms with Crippen LogP contribution in [-0.4, -0.2) is 23.6 Å². The third-order valence-electron chi connectivity index (χ3n) is 4.32. The largest absolute Gasteiger partial charge is 0.479 e. The summed E-state index contributed by atoms with van der Waals surface area (Å²) >= 11 is 0. The first-order chi connectivity index (χ1) is 12.6. The molecule has 0 saturated carbocycles. The average Bonchev–Trinajstić information content (AvgIpc) is 2.67. The van der Waals surface area contributed by atoms with E-state index in [1.807, 2.05) is 36.4 Å². The third-order valence-corrected chi connectivity index (χ3v) is 4.32. The Bertz CT molecular complexity index is 702. The lowest BCUT2D eigenvalue weighted by Crippen LogP contribution is -2.51. The summed E-state index contributed by atoms with van der Waals surface area (Å²) in [5.74, 6) is -1.35. The molecule has 2 aromatic carbocycles. The molecule has 0 aliphatic carbocycles. The maximum atomic E-state index is 12.3. The zero-order chi connectivity index (χ0) is 18.8. The summed E-state index contributed by atoms with van der Waals surface area (Å²) in [7, 11) is 0. The second kappa shape index (κ2) is 9.73. The minimum absolute atomic E-state index is 0.219. The topological polar surface area (TPSA) is 75.6 Å². The van der Waals surface area contributed by atoms with Crippen molar-refractivity contribution in [1.82, 2.24) is 5.32 Å². The molecule has 2 N–H and O–H groups in total. The van der Waals surface area contributed by atoms with Crippen molar-refractivity contribution in [2.45, 2.75) is 38.3 Å². The molecule has 0 aliphatic heterocycles. The van der Waals surface area contributed by atoms with Crippen LogP contribution < -0.4 is 5.32 Å². The molecule has 0 radical (unpaired) electrons. The third kappa shape index (κ3) is 5.17. The number of rotatable bonds is 10. The number of carbonyl (C=O) groups is 2. The van der Waals surface area contributed by atoms with Crippen molar-refractivity contribution >= 4 is 11.9 Å². The van der Waals surface area contributed by atoms with E-state index in [0.29, 0.717) is 25.2 Å². The monoisotopic (exact) mass is 355 g/mol. The number of hydrogen-bond acceptors (Lipinski definition) is 3. The number of carboxylic acids is 1. The van der Waals surface area contributed by atoms with Crippen molar-refractivity contribution in [3.8, 4) is 0 Å². The highest BCUT2D eigenvalue weighted by Crippen LogP contribution is 2.25. The number of carboxylic acid groups (broad SMARTS) is 1. The second-order valence-corrected chi connectivity index (χ2v) is 6.12. The van der Waals surface area contributed by atoms with Crippen LogP contribution in [0.25, 0.3) is 0 Å². The van der Waals surface area contributed by atoms with Crippen LogP contribution in [0.4, 0.5) is 0 Å². The normalized spacial score (nSPS) is 13.0. The average molecular weight is 355 g/mol. The van der Waals surface area contributed by atoms with Gasteiger partial charge >= 0.3 is 5.97 Å². The number of hydrogen-bond donors (Lipinski definition) is 2. The summed E-state index contributed by atoms with van der Waals surface area (Å²) in [5.41, 5.74) is 0.254. The molecule has 0 aromatic heterocycles. The molecule has 138 valence electrons. The molecule has 1 atom stereocenters. The zero-order valence-corrected chi connectivity index (χ0v) is 15.0. The molecule has 0 heterocycles. The van der Waals surface area contributed by atoms with Crippen LogP contribution in [0.1, 0.15) is 37.3 Å². The fourth-order valence-corrected chi connectivity index (χ4v) is 2.82. The van der Waals surface area contributed by atoms with Crippen molar-refractivity contribution in [1.29, 1.82) is 0 Å². The number of nitrogens with one attached hydrogen (secondary N) is 1. The minimum Gasteiger partial charge on any atom is -0.479 e. The Labute approximate surface area is 154 Å². The molecule has 0 aliphatic rings. The smallest absolute Gasteiger partial charge is 0.334 e. The number of aliphatic carboxylic acids is 1. The van der Waals surface area contributed by atoms with E-state index in [9.17, 15) is 14.7 Å². The first-order valence-corrected chi connectivity index (χ1v) is 8.80. The van der Waals surface area contributed by atoms with Gasteiger partial charge in [-0.2, -0.15) is 0 Å². The van der Waals surface area contributed by atoms with Crippen molar-refractivity contribution < 1.29 is 19.4 Å². The molecule has 0 spiro atoms. The van der Waals surface area contributed by atoms with Gasteiger partial charge in [0.25, 0.3) is 0 Å². The summed E-state index contributed by atoms with van der Waals surface area (Å²) < 4.78 is 5.56. The van der Waals surface area contributed by atoms with Crippen molar-refractivity contribution in [2.75, 3.05) is 6.61 Å². The summed E-state index contributed by atoms with van der Waals surface area (Å²) in [6.45, 7) is 2.70. The van der Waals surface area contributed by atoms with Gasteiger partial charge in [-0.15, -0.1) is 0 Å². The number of ether oxygens (including phenoxy) is 1. The highest BCUT2D eigenvalue weighted by atomic mass is 16.5. The molecule has 2 rings (SSSR count). The van der Waals surface area contributed by atoms with E-state index in [4.69, 9.17) is 4.74 Å². The molecule has 0 bridgehead atoms. The van der Waals surface area contributed by atoms with Crippen LogP contribution in [0.5, 0.6) is 0 Å². The van der Waals surface area contributed by atoms with E-state index >= 15 is 0 Å². The molecule has 5 heteroatoms. The Morgan fingerprint density at radius 2 is 1.65 bits per heavy atom. The first kappa shape index (κ1) is 19.7. The minimum atomic E-state index is -1.40. The van der Waals surface area contributed by atoms with Crippen LogP contribution in [0.2, 0.25) is 0 Å². The molecule has 1 amide bonds. The Balaban J connectivity index is 1.85. The molecule has 1 unspecified atom stereocenters. The first-order valence-electron chi connectivity index (χ1n) is 8.80. The van der Waals surface area contributed by atoms with Gasteiger partial charge in [0.15, 0.2) is 5.54 Å². The molecular weight excluding hydrogens is 330 g/mol. The van der Waals surface area contributed by atoms with Crippen LogP contribution in [-0.2, 0) is 26.5 Å². The Hall–Kier alpha value is -2.66. The van der Waals surface area contributed by atoms with Gasteiger partial charge < -0.3 is 15.2 Å². The van der Waals surface area contributed by atoms with Gasteiger partial charge in [0, 0.05) is 13.0 Å². The number of benzene rings is 2. The maximum absolute atomic E-state index is 12.3. The highest BCUT2D eigenvalue weighted by Gasteiger charge is 2.39. The standard InChI is InChI=1S/C21H25NO4/c1-2-21(20(24)25,18-12-7-4-8-13-18)22-19(23)14-9-15-26-16-17-10-5-3-6-11-17/h3-8,10-13H,2,9,14-16H2,1H3,(H,22,23)(H,24,25). The summed E-state index contributed by atoms with van der Waals surface area (Å²) in [5, 5.41) is 12.4. The van der Waals surface area contributed by atoms with Gasteiger partial charge in [0.05, 0.1) is 6.61 Å². The lowest BCUT2D eigenvalue weighted by molar-refractivity contribution is -0.148. The van der Waals surface area contributed by atoms with Gasteiger partial charge in [0.2, 0.25) is 5.91 Å². The lowest BCUT2D eigenvalue weighted by atomic mass is 9.87. The van der Waals surface area contributed by atoms with Gasteiger partial charge in [0.1, 0.15) is 0 Å². The molecule has 0 saturated heterocycles. The van der Waals surface area contributed by atoms with E-state index in [1.54, 1.807) is 31.2 Å². The summed E-state index contributed by atoms with van der Waals surface area (Å²) in [4.78, 5) is 24.2. The SMILES string of the molecule is CCC(NC(=O)CCCOCc1ccccc1)(C(=O)O)c1ccccc1. The predicted octanol–water partition coefficient (Wildman–Crippen LogP) is 3.49. The van der Waals surface area contributed by atoms with E-state index in [2.05, 4.69) is 5.32 Å². The van der Waals surface area contributed by atoms with Gasteiger partial charge in [-0.25, -0.2) is 4.79 Å². The molecule has 0 fully saturated rings. The molecule has 26 heavy (non-hydrogen) atoms. The van der Waals surface area contributed by atoms with E-state index < -0.39 is 11.5 Å². The summed E-state index contributed by atoms with van der Waals surface area (Å²) in [6, 6.07) is 18.6. The quantitative estimate of drug-likeness (QED) is 0.640. The number of carbonyl (C=O) groups excluding carboxylic acids is 1. The fourth-order valence-electron chi connectivity index (χ4n) is 2.82. The van der Waals surface area contributed by atoms with Crippen molar-refractivity contribution in [2.24, 2.45) is 0 Å². The Morgan fingerprint density at radius 1 is 1.04 bits per heavy atom. The highest BCUT2D eigenvalue weighted by molar-refractivity contribution is 5.88. The van der Waals surface area contributed by atoms with Gasteiger partial charge in [-0.1, -0.05) is 67.6 Å². The zero-order valence-electron chi connectivity index (χ0n) is 15.0. The Kier molecular flexibility index (Phi) is 7.36. The van der Waals surface area contributed by atoms with Gasteiger partial charge in [-0.05, 0) is 24.0 Å². The van der Waals surface area contributed by atoms with Crippen LogP contribution in [0, 0.1) is 0 Å². The molecule has 5 nitrogen and oxygen atoms in total. The lowest BCUT2D eigenvalue weighted by Gasteiger charge is -2.30. The van der Waals surface area contributed by atoms with Crippen molar-refractivity contribution in [3.63, 3.8) is 0 Å². The maximum Gasteiger partial charge on any atom is 0.334 e. The second-order valence-electron chi connectivity index (χ2n) is 6.12. The van der Waals surface area contributed by atoms with E-state index in [-0.39, 0.29) is 18.7 Å². The summed E-state index contributed by atoms with van der Waals surface area (Å²) in [6.07, 6.45) is 1.02. The van der Waals surface area contributed by atoms with Crippen LogP contribution >= 0.6 is 0 Å². The number of amides is 1. The van der Waals surface area contributed by atoms with Gasteiger partial charge in [-0.3, -0.25) is 4.79 Å². The molecular formula is C21H25NO4. The Morgan fingerprint density at radius 3 is 2.23 bits per heavy atom.